The summed E-state index contributed by atoms with van der Waals surface area (Å²) in [5.74, 6) is 0.646. The van der Waals surface area contributed by atoms with Crippen LogP contribution in [0, 0.1) is 0 Å². The summed E-state index contributed by atoms with van der Waals surface area (Å²) >= 11 is 0. The number of sulfonamides is 1. The molecule has 0 aliphatic rings. The van der Waals surface area contributed by atoms with Gasteiger partial charge in [0.05, 0.1) is 12.0 Å². The lowest BCUT2D eigenvalue weighted by Crippen LogP contribution is -2.23. The highest BCUT2D eigenvalue weighted by atomic mass is 32.2. The average Bonchev–Trinajstić information content (AvgIpc) is 2.46. The number of hydrogen-bond donors (Lipinski definition) is 2. The highest BCUT2D eigenvalue weighted by Gasteiger charge is 2.14. The van der Waals surface area contributed by atoms with E-state index < -0.39 is 10.0 Å². The lowest BCUT2D eigenvalue weighted by atomic mass is 10.2. The van der Waals surface area contributed by atoms with Gasteiger partial charge in [0.1, 0.15) is 5.75 Å². The fourth-order valence-corrected chi connectivity index (χ4v) is 2.76. The van der Waals surface area contributed by atoms with Gasteiger partial charge in [-0.3, -0.25) is 0 Å². The molecule has 0 aliphatic carbocycles. The predicted octanol–water partition coefficient (Wildman–Crippen LogP) is 1.76. The van der Waals surface area contributed by atoms with Crippen LogP contribution in [0.15, 0.2) is 53.4 Å². The number of rotatable bonds is 5. The highest BCUT2D eigenvalue weighted by molar-refractivity contribution is 7.89. The highest BCUT2D eigenvalue weighted by Crippen LogP contribution is 2.18. The van der Waals surface area contributed by atoms with Crippen molar-refractivity contribution >= 4 is 15.7 Å². The molecule has 0 unspecified atom stereocenters. The van der Waals surface area contributed by atoms with Gasteiger partial charge in [0.2, 0.25) is 10.0 Å². The van der Waals surface area contributed by atoms with Crippen molar-refractivity contribution in [3.8, 4) is 5.75 Å². The van der Waals surface area contributed by atoms with Gasteiger partial charge in [-0.15, -0.1) is 0 Å². The van der Waals surface area contributed by atoms with Crippen molar-refractivity contribution < 1.29 is 13.2 Å². The minimum absolute atomic E-state index is 0.163. The van der Waals surface area contributed by atoms with E-state index in [2.05, 4.69) is 4.72 Å². The summed E-state index contributed by atoms with van der Waals surface area (Å²) in [7, 11) is -2.01. The zero-order valence-corrected chi connectivity index (χ0v) is 11.9. The number of ether oxygens (including phenoxy) is 1. The molecule has 0 bridgehead atoms. The maximum Gasteiger partial charge on any atom is 0.240 e. The standard InChI is InChI=1S/C14H16N2O3S/c1-19-14-5-3-2-4-11(14)10-16-20(17,18)13-8-6-12(15)7-9-13/h2-9,16H,10,15H2,1H3. The Hall–Kier alpha value is -2.05. The zero-order valence-electron chi connectivity index (χ0n) is 11.0. The molecule has 2 rings (SSSR count). The lowest BCUT2D eigenvalue weighted by Gasteiger charge is -2.10. The molecule has 3 N–H and O–H groups in total. The largest absolute Gasteiger partial charge is 0.496 e. The van der Waals surface area contributed by atoms with Gasteiger partial charge in [-0.05, 0) is 30.3 Å². The minimum Gasteiger partial charge on any atom is -0.496 e. The number of hydrogen-bond acceptors (Lipinski definition) is 4. The van der Waals surface area contributed by atoms with E-state index in [1.165, 1.54) is 12.1 Å². The number of nitrogen functional groups attached to an aromatic ring is 1. The van der Waals surface area contributed by atoms with Crippen molar-refractivity contribution in [3.05, 3.63) is 54.1 Å². The van der Waals surface area contributed by atoms with Crippen LogP contribution >= 0.6 is 0 Å². The molecule has 0 saturated carbocycles. The van der Waals surface area contributed by atoms with Crippen molar-refractivity contribution in [2.24, 2.45) is 0 Å². The first-order valence-electron chi connectivity index (χ1n) is 6.00. The van der Waals surface area contributed by atoms with Crippen LogP contribution in [0.1, 0.15) is 5.56 Å². The molecule has 0 spiro atoms. The molecular weight excluding hydrogens is 276 g/mol. The van der Waals surface area contributed by atoms with Crippen molar-refractivity contribution in [2.75, 3.05) is 12.8 Å². The van der Waals surface area contributed by atoms with E-state index >= 15 is 0 Å². The molecule has 106 valence electrons. The molecule has 0 radical (unpaired) electrons. The molecule has 0 heterocycles. The van der Waals surface area contributed by atoms with Crippen LogP contribution in [-0.2, 0) is 16.6 Å². The summed E-state index contributed by atoms with van der Waals surface area (Å²) in [6.45, 7) is 0.163. The number of para-hydroxylation sites is 1. The summed E-state index contributed by atoms with van der Waals surface area (Å²) in [4.78, 5) is 0.182. The lowest BCUT2D eigenvalue weighted by molar-refractivity contribution is 0.409. The van der Waals surface area contributed by atoms with Crippen molar-refractivity contribution in [2.45, 2.75) is 11.4 Å². The Morgan fingerprint density at radius 1 is 1.10 bits per heavy atom. The predicted molar refractivity (Wildman–Crippen MR) is 77.9 cm³/mol. The number of methoxy groups -OCH3 is 1. The van der Waals surface area contributed by atoms with Gasteiger partial charge in [-0.2, -0.15) is 0 Å². The van der Waals surface area contributed by atoms with Crippen molar-refractivity contribution in [1.29, 1.82) is 0 Å². The molecule has 6 heteroatoms. The smallest absolute Gasteiger partial charge is 0.240 e. The van der Waals surface area contributed by atoms with Gasteiger partial charge in [0.15, 0.2) is 0 Å². The van der Waals surface area contributed by atoms with Crippen molar-refractivity contribution in [3.63, 3.8) is 0 Å². The second kappa shape index (κ2) is 5.94. The van der Waals surface area contributed by atoms with Gasteiger partial charge >= 0.3 is 0 Å². The van der Waals surface area contributed by atoms with Crippen LogP contribution in [0.3, 0.4) is 0 Å². The molecule has 0 fully saturated rings. The maximum absolute atomic E-state index is 12.1. The van der Waals surface area contributed by atoms with Gasteiger partial charge in [0.25, 0.3) is 0 Å². The Labute approximate surface area is 118 Å². The van der Waals surface area contributed by atoms with Crippen LogP contribution in [0.4, 0.5) is 5.69 Å². The fourth-order valence-electron chi connectivity index (χ4n) is 1.75. The molecular formula is C14H16N2O3S. The average molecular weight is 292 g/mol. The summed E-state index contributed by atoms with van der Waals surface area (Å²) in [5, 5.41) is 0. The van der Waals surface area contributed by atoms with E-state index in [-0.39, 0.29) is 11.4 Å². The van der Waals surface area contributed by atoms with Gasteiger partial charge in [0, 0.05) is 17.8 Å². The molecule has 2 aromatic rings. The van der Waals surface area contributed by atoms with Crippen LogP contribution in [0.25, 0.3) is 0 Å². The summed E-state index contributed by atoms with van der Waals surface area (Å²) in [6.07, 6.45) is 0. The van der Waals surface area contributed by atoms with Crippen LogP contribution in [-0.4, -0.2) is 15.5 Å². The third-order valence-electron chi connectivity index (χ3n) is 2.84. The molecule has 0 atom stereocenters. The normalized spacial score (nSPS) is 11.2. The number of nitrogens with two attached hydrogens (primary N) is 1. The Morgan fingerprint density at radius 3 is 2.40 bits per heavy atom. The Bertz CT molecular complexity index is 682. The first kappa shape index (κ1) is 14.4. The topological polar surface area (TPSA) is 81.4 Å². The molecule has 0 amide bonds. The summed E-state index contributed by atoms with van der Waals surface area (Å²) in [5.41, 5.74) is 6.84. The fraction of sp³-hybridized carbons (Fsp3) is 0.143. The first-order chi connectivity index (χ1) is 9.53. The van der Waals surface area contributed by atoms with Gasteiger partial charge in [-0.25, -0.2) is 13.1 Å². The number of benzene rings is 2. The van der Waals surface area contributed by atoms with Crippen molar-refractivity contribution in [1.82, 2.24) is 4.72 Å². The second-order valence-electron chi connectivity index (χ2n) is 4.21. The monoisotopic (exact) mass is 292 g/mol. The molecule has 0 aliphatic heterocycles. The second-order valence-corrected chi connectivity index (χ2v) is 5.97. The minimum atomic E-state index is -3.56. The summed E-state index contributed by atoms with van der Waals surface area (Å²) in [6, 6.07) is 13.3. The van der Waals surface area contributed by atoms with E-state index in [9.17, 15) is 8.42 Å². The molecule has 0 saturated heterocycles. The van der Waals surface area contributed by atoms with E-state index in [1.54, 1.807) is 25.3 Å². The molecule has 5 nitrogen and oxygen atoms in total. The SMILES string of the molecule is COc1ccccc1CNS(=O)(=O)c1ccc(N)cc1. The molecule has 0 aromatic heterocycles. The van der Waals surface area contributed by atoms with Gasteiger partial charge in [-0.1, -0.05) is 18.2 Å². The third-order valence-corrected chi connectivity index (χ3v) is 4.25. The quantitative estimate of drug-likeness (QED) is 0.823. The van der Waals surface area contributed by atoms with E-state index in [0.29, 0.717) is 11.4 Å². The van der Waals surface area contributed by atoms with E-state index in [0.717, 1.165) is 5.56 Å². The Balaban J connectivity index is 2.15. The Kier molecular flexibility index (Phi) is 4.26. The number of nitrogens with one attached hydrogen (secondary N) is 1. The zero-order chi connectivity index (χ0) is 14.6. The first-order valence-corrected chi connectivity index (χ1v) is 7.48. The Morgan fingerprint density at radius 2 is 1.75 bits per heavy atom. The van der Waals surface area contributed by atoms with Crippen LogP contribution < -0.4 is 15.2 Å². The maximum atomic E-state index is 12.1. The molecule has 20 heavy (non-hydrogen) atoms. The van der Waals surface area contributed by atoms with Crippen LogP contribution in [0.2, 0.25) is 0 Å². The van der Waals surface area contributed by atoms with Gasteiger partial charge < -0.3 is 10.5 Å². The third kappa shape index (κ3) is 3.28. The van der Waals surface area contributed by atoms with E-state index in [1.807, 2.05) is 18.2 Å². The van der Waals surface area contributed by atoms with Crippen LogP contribution in [0.5, 0.6) is 5.75 Å². The van der Waals surface area contributed by atoms with E-state index in [4.69, 9.17) is 10.5 Å². The molecule has 2 aromatic carbocycles. The summed E-state index contributed by atoms with van der Waals surface area (Å²) < 4.78 is 32.0. The number of anilines is 1.